The Balaban J connectivity index is 2.08. The lowest BCUT2D eigenvalue weighted by molar-refractivity contribution is 0.0653. The highest BCUT2D eigenvalue weighted by Gasteiger charge is 2.24. The maximum atomic E-state index is 12.4. The van der Waals surface area contributed by atoms with E-state index < -0.39 is 0 Å². The Kier molecular flexibility index (Phi) is 4.83. The van der Waals surface area contributed by atoms with Crippen molar-refractivity contribution in [3.63, 3.8) is 0 Å². The van der Waals surface area contributed by atoms with Crippen LogP contribution in [0.25, 0.3) is 0 Å². The van der Waals surface area contributed by atoms with Crippen LogP contribution < -0.4 is 0 Å². The van der Waals surface area contributed by atoms with E-state index >= 15 is 0 Å². The molecule has 1 aliphatic rings. The average molecular weight is 282 g/mol. The van der Waals surface area contributed by atoms with Crippen molar-refractivity contribution in [2.45, 2.75) is 26.2 Å². The minimum absolute atomic E-state index is 0.0459. The number of carbonyl (C=O) groups excluding carboxylic acids is 1. The first-order chi connectivity index (χ1) is 9.11. The molecule has 1 N–H and O–H groups in total. The lowest BCUT2D eigenvalue weighted by Crippen LogP contribution is -2.40. The molecule has 1 unspecified atom stereocenters. The summed E-state index contributed by atoms with van der Waals surface area (Å²) in [7, 11) is 0. The quantitative estimate of drug-likeness (QED) is 0.925. The summed E-state index contributed by atoms with van der Waals surface area (Å²) in [4.78, 5) is 14.3. The second-order valence-electron chi connectivity index (χ2n) is 5.24. The minimum atomic E-state index is 0.0459. The van der Waals surface area contributed by atoms with Crippen molar-refractivity contribution in [2.75, 3.05) is 19.7 Å². The number of piperidine rings is 1. The van der Waals surface area contributed by atoms with E-state index in [9.17, 15) is 4.79 Å². The zero-order chi connectivity index (χ0) is 13.8. The van der Waals surface area contributed by atoms with Gasteiger partial charge in [-0.1, -0.05) is 17.7 Å². The molecule has 0 aliphatic carbocycles. The fourth-order valence-electron chi connectivity index (χ4n) is 2.58. The summed E-state index contributed by atoms with van der Waals surface area (Å²) < 4.78 is 0. The highest BCUT2D eigenvalue weighted by molar-refractivity contribution is 6.31. The Morgan fingerprint density at radius 2 is 2.32 bits per heavy atom. The van der Waals surface area contributed by atoms with E-state index in [2.05, 4.69) is 0 Å². The molecule has 4 heteroatoms. The SMILES string of the molecule is Cc1ccc(C(=O)N2CCCC(CCO)C2)cc1Cl. The second-order valence-corrected chi connectivity index (χ2v) is 5.64. The fourth-order valence-corrected chi connectivity index (χ4v) is 2.76. The first kappa shape index (κ1) is 14.4. The number of aryl methyl sites for hydroxylation is 1. The number of hydrogen-bond acceptors (Lipinski definition) is 2. The standard InChI is InChI=1S/C15H20ClNO2/c1-11-4-5-13(9-14(11)16)15(19)17-7-2-3-12(10-17)6-8-18/h4-5,9,12,18H,2-3,6-8,10H2,1H3. The van der Waals surface area contributed by atoms with Crippen LogP contribution in [0.2, 0.25) is 5.02 Å². The predicted octanol–water partition coefficient (Wildman–Crippen LogP) is 2.88. The Labute approximate surface area is 119 Å². The second kappa shape index (κ2) is 6.40. The molecule has 1 aromatic carbocycles. The van der Waals surface area contributed by atoms with Crippen molar-refractivity contribution in [1.82, 2.24) is 4.90 Å². The van der Waals surface area contributed by atoms with Gasteiger partial charge in [0.1, 0.15) is 0 Å². The number of likely N-dealkylation sites (tertiary alicyclic amines) is 1. The smallest absolute Gasteiger partial charge is 0.253 e. The largest absolute Gasteiger partial charge is 0.396 e. The number of benzene rings is 1. The van der Waals surface area contributed by atoms with Crippen LogP contribution in [0.4, 0.5) is 0 Å². The van der Waals surface area contributed by atoms with Crippen LogP contribution in [0, 0.1) is 12.8 Å². The number of aliphatic hydroxyl groups is 1. The molecule has 0 radical (unpaired) electrons. The number of nitrogens with zero attached hydrogens (tertiary/aromatic N) is 1. The van der Waals surface area contributed by atoms with E-state index in [1.807, 2.05) is 24.0 Å². The predicted molar refractivity (Wildman–Crippen MR) is 76.5 cm³/mol. The average Bonchev–Trinajstić information content (AvgIpc) is 2.42. The van der Waals surface area contributed by atoms with E-state index in [4.69, 9.17) is 16.7 Å². The van der Waals surface area contributed by atoms with E-state index in [0.29, 0.717) is 16.5 Å². The van der Waals surface area contributed by atoms with Crippen molar-refractivity contribution >= 4 is 17.5 Å². The summed E-state index contributed by atoms with van der Waals surface area (Å²) >= 11 is 6.07. The third-order valence-electron chi connectivity index (χ3n) is 3.76. The molecule has 1 atom stereocenters. The van der Waals surface area contributed by atoms with E-state index in [1.54, 1.807) is 6.07 Å². The van der Waals surface area contributed by atoms with Gasteiger partial charge >= 0.3 is 0 Å². The fraction of sp³-hybridized carbons (Fsp3) is 0.533. The van der Waals surface area contributed by atoms with Crippen LogP contribution in [0.3, 0.4) is 0 Å². The summed E-state index contributed by atoms with van der Waals surface area (Å²) in [5, 5.41) is 9.64. The van der Waals surface area contributed by atoms with Gasteiger partial charge in [-0.3, -0.25) is 4.79 Å². The molecule has 0 aromatic heterocycles. The number of hydrogen-bond donors (Lipinski definition) is 1. The summed E-state index contributed by atoms with van der Waals surface area (Å²) in [6, 6.07) is 5.46. The monoisotopic (exact) mass is 281 g/mol. The van der Waals surface area contributed by atoms with Crippen molar-refractivity contribution in [3.05, 3.63) is 34.3 Å². The molecule has 1 aromatic rings. The summed E-state index contributed by atoms with van der Waals surface area (Å²) in [5.41, 5.74) is 1.63. The molecule has 3 nitrogen and oxygen atoms in total. The Morgan fingerprint density at radius 3 is 3.00 bits per heavy atom. The van der Waals surface area contributed by atoms with Gasteiger partial charge in [0.25, 0.3) is 5.91 Å². The van der Waals surface area contributed by atoms with Gasteiger partial charge in [0.05, 0.1) is 0 Å². The normalized spacial score (nSPS) is 19.5. The van der Waals surface area contributed by atoms with Gasteiger partial charge in [-0.25, -0.2) is 0 Å². The maximum absolute atomic E-state index is 12.4. The highest BCUT2D eigenvalue weighted by Crippen LogP contribution is 2.23. The van der Waals surface area contributed by atoms with E-state index in [1.165, 1.54) is 0 Å². The first-order valence-corrected chi connectivity index (χ1v) is 7.16. The number of aliphatic hydroxyl groups excluding tert-OH is 1. The Bertz CT molecular complexity index is 459. The number of rotatable bonds is 3. The number of amides is 1. The molecular formula is C15H20ClNO2. The van der Waals surface area contributed by atoms with Crippen LogP contribution in [0.1, 0.15) is 35.2 Å². The molecule has 1 saturated heterocycles. The van der Waals surface area contributed by atoms with Crippen LogP contribution in [0.5, 0.6) is 0 Å². The summed E-state index contributed by atoms with van der Waals surface area (Å²) in [5.74, 6) is 0.466. The van der Waals surface area contributed by atoms with E-state index in [-0.39, 0.29) is 12.5 Å². The van der Waals surface area contributed by atoms with Gasteiger partial charge in [0, 0.05) is 30.3 Å². The van der Waals surface area contributed by atoms with Crippen LogP contribution >= 0.6 is 11.6 Å². The van der Waals surface area contributed by atoms with Gasteiger partial charge in [-0.05, 0) is 49.8 Å². The Morgan fingerprint density at radius 1 is 1.53 bits per heavy atom. The Hall–Kier alpha value is -1.06. The summed E-state index contributed by atoms with van der Waals surface area (Å²) in [6.07, 6.45) is 2.88. The molecule has 0 bridgehead atoms. The lowest BCUT2D eigenvalue weighted by Gasteiger charge is -2.32. The number of carbonyl (C=O) groups is 1. The zero-order valence-electron chi connectivity index (χ0n) is 11.2. The van der Waals surface area contributed by atoms with Gasteiger partial charge in [-0.15, -0.1) is 0 Å². The van der Waals surface area contributed by atoms with Crippen molar-refractivity contribution in [3.8, 4) is 0 Å². The first-order valence-electron chi connectivity index (χ1n) is 6.78. The molecule has 1 aliphatic heterocycles. The maximum Gasteiger partial charge on any atom is 0.253 e. The molecule has 1 fully saturated rings. The molecule has 2 rings (SSSR count). The molecule has 0 saturated carbocycles. The highest BCUT2D eigenvalue weighted by atomic mass is 35.5. The molecular weight excluding hydrogens is 262 g/mol. The topological polar surface area (TPSA) is 40.5 Å². The molecule has 1 heterocycles. The minimum Gasteiger partial charge on any atom is -0.396 e. The number of halogens is 1. The molecule has 104 valence electrons. The van der Waals surface area contributed by atoms with Crippen molar-refractivity contribution in [1.29, 1.82) is 0 Å². The molecule has 19 heavy (non-hydrogen) atoms. The third kappa shape index (κ3) is 3.48. The van der Waals surface area contributed by atoms with Gasteiger partial charge in [0.15, 0.2) is 0 Å². The third-order valence-corrected chi connectivity index (χ3v) is 4.17. The zero-order valence-corrected chi connectivity index (χ0v) is 12.0. The summed E-state index contributed by atoms with van der Waals surface area (Å²) in [6.45, 7) is 3.66. The van der Waals surface area contributed by atoms with Gasteiger partial charge < -0.3 is 10.0 Å². The lowest BCUT2D eigenvalue weighted by atomic mass is 9.94. The van der Waals surface area contributed by atoms with Gasteiger partial charge in [-0.2, -0.15) is 0 Å². The van der Waals surface area contributed by atoms with Gasteiger partial charge in [0.2, 0.25) is 0 Å². The van der Waals surface area contributed by atoms with Crippen molar-refractivity contribution in [2.24, 2.45) is 5.92 Å². The molecule has 0 spiro atoms. The van der Waals surface area contributed by atoms with Crippen molar-refractivity contribution < 1.29 is 9.90 Å². The van der Waals surface area contributed by atoms with Crippen LogP contribution in [-0.2, 0) is 0 Å². The van der Waals surface area contributed by atoms with Crippen LogP contribution in [0.15, 0.2) is 18.2 Å². The van der Waals surface area contributed by atoms with E-state index in [0.717, 1.165) is 37.9 Å². The van der Waals surface area contributed by atoms with Crippen LogP contribution in [-0.4, -0.2) is 35.6 Å². The molecule has 1 amide bonds.